The van der Waals surface area contributed by atoms with E-state index in [0.29, 0.717) is 13.1 Å². The molecular weight excluding hydrogens is 294 g/mol. The van der Waals surface area contributed by atoms with Crippen LogP contribution in [0, 0.1) is 0 Å². The lowest BCUT2D eigenvalue weighted by atomic mass is 10.1. The Bertz CT molecular complexity index is 388. The summed E-state index contributed by atoms with van der Waals surface area (Å²) >= 11 is 3.35. The molecule has 1 aliphatic heterocycles. The molecule has 5 heteroatoms. The topological polar surface area (TPSA) is 45.2 Å². The van der Waals surface area contributed by atoms with Gasteiger partial charge in [-0.25, -0.2) is 0 Å². The van der Waals surface area contributed by atoms with Crippen molar-refractivity contribution in [3.8, 4) is 0 Å². The van der Waals surface area contributed by atoms with Crippen LogP contribution < -0.4 is 5.32 Å². The van der Waals surface area contributed by atoms with E-state index in [1.54, 1.807) is 6.20 Å². The average Bonchev–Trinajstić information content (AvgIpc) is 2.42. The molecule has 0 aliphatic carbocycles. The molecule has 0 saturated carbocycles. The summed E-state index contributed by atoms with van der Waals surface area (Å²) in [6, 6.07) is 3.90. The molecule has 2 rings (SSSR count). The molecule has 2 heterocycles. The largest absolute Gasteiger partial charge is 0.342 e. The summed E-state index contributed by atoms with van der Waals surface area (Å²) in [5, 5.41) is 3.15. The third kappa shape index (κ3) is 4.07. The molecule has 18 heavy (non-hydrogen) atoms. The molecule has 1 aromatic rings. The molecule has 1 saturated heterocycles. The van der Waals surface area contributed by atoms with Crippen molar-refractivity contribution in [2.45, 2.75) is 25.8 Å². The minimum atomic E-state index is 0.201. The van der Waals surface area contributed by atoms with Crippen molar-refractivity contribution < 1.29 is 4.79 Å². The van der Waals surface area contributed by atoms with E-state index in [2.05, 4.69) is 26.2 Å². The Morgan fingerprint density at radius 1 is 1.33 bits per heavy atom. The van der Waals surface area contributed by atoms with Crippen LogP contribution in [0.15, 0.2) is 22.8 Å². The number of nitrogens with one attached hydrogen (secondary N) is 1. The summed E-state index contributed by atoms with van der Waals surface area (Å²) in [5.74, 6) is 0.201. The maximum atomic E-state index is 11.9. The fourth-order valence-corrected chi connectivity index (χ4v) is 2.30. The lowest BCUT2D eigenvalue weighted by Gasteiger charge is -2.26. The highest BCUT2D eigenvalue weighted by atomic mass is 79.9. The Morgan fingerprint density at radius 3 is 2.78 bits per heavy atom. The van der Waals surface area contributed by atoms with E-state index in [1.165, 1.54) is 6.42 Å². The van der Waals surface area contributed by atoms with Gasteiger partial charge in [-0.05, 0) is 47.3 Å². The summed E-state index contributed by atoms with van der Waals surface area (Å²) in [4.78, 5) is 18.1. The van der Waals surface area contributed by atoms with Crippen LogP contribution >= 0.6 is 15.9 Å². The van der Waals surface area contributed by atoms with Crippen LogP contribution in [0.5, 0.6) is 0 Å². The van der Waals surface area contributed by atoms with Crippen molar-refractivity contribution in [1.82, 2.24) is 15.2 Å². The number of hydrogen-bond donors (Lipinski definition) is 1. The first-order valence-electron chi connectivity index (χ1n) is 6.34. The van der Waals surface area contributed by atoms with Gasteiger partial charge < -0.3 is 10.2 Å². The van der Waals surface area contributed by atoms with Crippen LogP contribution in [0.25, 0.3) is 0 Å². The highest BCUT2D eigenvalue weighted by Crippen LogP contribution is 2.09. The van der Waals surface area contributed by atoms with Gasteiger partial charge in [0, 0.05) is 30.3 Å². The number of rotatable bonds is 4. The van der Waals surface area contributed by atoms with E-state index in [1.807, 2.05) is 17.0 Å². The third-order valence-electron chi connectivity index (χ3n) is 3.08. The lowest BCUT2D eigenvalue weighted by Crippen LogP contribution is -2.41. The molecule has 1 fully saturated rings. The second-order valence-electron chi connectivity index (χ2n) is 4.51. The zero-order chi connectivity index (χ0) is 12.8. The second kappa shape index (κ2) is 6.85. The first kappa shape index (κ1) is 13.5. The maximum Gasteiger partial charge on any atom is 0.236 e. The van der Waals surface area contributed by atoms with E-state index in [-0.39, 0.29) is 5.91 Å². The van der Waals surface area contributed by atoms with Gasteiger partial charge in [-0.3, -0.25) is 9.78 Å². The molecule has 4 nitrogen and oxygen atoms in total. The molecule has 1 N–H and O–H groups in total. The van der Waals surface area contributed by atoms with Gasteiger partial charge in [0.1, 0.15) is 0 Å². The Labute approximate surface area is 116 Å². The van der Waals surface area contributed by atoms with Crippen molar-refractivity contribution in [2.75, 3.05) is 19.6 Å². The minimum absolute atomic E-state index is 0.201. The second-order valence-corrected chi connectivity index (χ2v) is 5.43. The van der Waals surface area contributed by atoms with Crippen LogP contribution in [-0.2, 0) is 11.3 Å². The number of hydrogen-bond acceptors (Lipinski definition) is 3. The number of likely N-dealkylation sites (tertiary alicyclic amines) is 1. The van der Waals surface area contributed by atoms with Crippen molar-refractivity contribution in [2.24, 2.45) is 0 Å². The van der Waals surface area contributed by atoms with Gasteiger partial charge >= 0.3 is 0 Å². The highest BCUT2D eigenvalue weighted by molar-refractivity contribution is 9.10. The van der Waals surface area contributed by atoms with Gasteiger partial charge in [-0.15, -0.1) is 0 Å². The summed E-state index contributed by atoms with van der Waals surface area (Å²) in [6.07, 6.45) is 5.30. The zero-order valence-electron chi connectivity index (χ0n) is 10.4. The first-order chi connectivity index (χ1) is 8.75. The molecule has 0 unspecified atom stereocenters. The summed E-state index contributed by atoms with van der Waals surface area (Å²) in [7, 11) is 0. The highest BCUT2D eigenvalue weighted by Gasteiger charge is 2.15. The number of nitrogens with zero attached hydrogens (tertiary/aromatic N) is 2. The smallest absolute Gasteiger partial charge is 0.236 e. The van der Waals surface area contributed by atoms with Gasteiger partial charge in [0.25, 0.3) is 0 Å². The van der Waals surface area contributed by atoms with Crippen LogP contribution in [0.4, 0.5) is 0 Å². The fourth-order valence-electron chi connectivity index (χ4n) is 2.06. The van der Waals surface area contributed by atoms with E-state index < -0.39 is 0 Å². The SMILES string of the molecule is O=C(CNCc1ccc(Br)cn1)N1CCCCC1. The molecule has 0 aromatic carbocycles. The normalized spacial score (nSPS) is 15.7. The molecule has 0 atom stereocenters. The molecule has 98 valence electrons. The Hall–Kier alpha value is -0.940. The first-order valence-corrected chi connectivity index (χ1v) is 7.14. The monoisotopic (exact) mass is 311 g/mol. The van der Waals surface area contributed by atoms with Gasteiger partial charge in [0.15, 0.2) is 0 Å². The van der Waals surface area contributed by atoms with Crippen molar-refractivity contribution in [3.05, 3.63) is 28.5 Å². The van der Waals surface area contributed by atoms with Crippen LogP contribution in [0.2, 0.25) is 0 Å². The number of carbonyl (C=O) groups is 1. The minimum Gasteiger partial charge on any atom is -0.342 e. The molecular formula is C13H18BrN3O. The molecule has 1 aromatic heterocycles. The third-order valence-corrected chi connectivity index (χ3v) is 3.55. The summed E-state index contributed by atoms with van der Waals surface area (Å²) < 4.78 is 0.968. The summed E-state index contributed by atoms with van der Waals surface area (Å²) in [5.41, 5.74) is 0.949. The molecule has 0 radical (unpaired) electrons. The number of pyridine rings is 1. The standard InChI is InChI=1S/C13H18BrN3O/c14-11-4-5-12(16-8-11)9-15-10-13(18)17-6-2-1-3-7-17/h4-5,8,15H,1-3,6-7,9-10H2. The van der Waals surface area contributed by atoms with Gasteiger partial charge in [0.05, 0.1) is 12.2 Å². The zero-order valence-corrected chi connectivity index (χ0v) is 11.9. The van der Waals surface area contributed by atoms with E-state index in [0.717, 1.165) is 36.1 Å². The molecule has 0 bridgehead atoms. The number of carbonyl (C=O) groups excluding carboxylic acids is 1. The van der Waals surface area contributed by atoms with Crippen molar-refractivity contribution in [1.29, 1.82) is 0 Å². The van der Waals surface area contributed by atoms with Gasteiger partial charge in [-0.1, -0.05) is 0 Å². The maximum absolute atomic E-state index is 11.9. The van der Waals surface area contributed by atoms with E-state index in [4.69, 9.17) is 0 Å². The van der Waals surface area contributed by atoms with Crippen molar-refractivity contribution >= 4 is 21.8 Å². The Morgan fingerprint density at radius 2 is 2.11 bits per heavy atom. The van der Waals surface area contributed by atoms with Crippen molar-refractivity contribution in [3.63, 3.8) is 0 Å². The number of amides is 1. The average molecular weight is 312 g/mol. The fraction of sp³-hybridized carbons (Fsp3) is 0.538. The number of halogens is 1. The van der Waals surface area contributed by atoms with Gasteiger partial charge in [-0.2, -0.15) is 0 Å². The predicted octanol–water partition coefficient (Wildman–Crippen LogP) is 1.95. The number of aromatic nitrogens is 1. The predicted molar refractivity (Wildman–Crippen MR) is 74.1 cm³/mol. The van der Waals surface area contributed by atoms with E-state index in [9.17, 15) is 4.79 Å². The van der Waals surface area contributed by atoms with Crippen LogP contribution in [-0.4, -0.2) is 35.4 Å². The molecule has 1 aliphatic rings. The Balaban J connectivity index is 1.71. The lowest BCUT2D eigenvalue weighted by molar-refractivity contribution is -0.131. The van der Waals surface area contributed by atoms with Gasteiger partial charge in [0.2, 0.25) is 5.91 Å². The van der Waals surface area contributed by atoms with Crippen LogP contribution in [0.3, 0.4) is 0 Å². The quantitative estimate of drug-likeness (QED) is 0.924. The number of piperidine rings is 1. The van der Waals surface area contributed by atoms with E-state index >= 15 is 0 Å². The summed E-state index contributed by atoms with van der Waals surface area (Å²) in [6.45, 7) is 2.86. The Kier molecular flexibility index (Phi) is 5.13. The van der Waals surface area contributed by atoms with Crippen LogP contribution in [0.1, 0.15) is 25.0 Å². The molecule has 1 amide bonds. The molecule has 0 spiro atoms.